The summed E-state index contributed by atoms with van der Waals surface area (Å²) in [6, 6.07) is 15.0. The van der Waals surface area contributed by atoms with Crippen LogP contribution < -0.4 is 9.80 Å². The van der Waals surface area contributed by atoms with Gasteiger partial charge in [-0.25, -0.2) is 0 Å². The summed E-state index contributed by atoms with van der Waals surface area (Å²) in [7, 11) is 0. The first-order valence-corrected chi connectivity index (χ1v) is 9.46. The predicted molar refractivity (Wildman–Crippen MR) is 104 cm³/mol. The Hall–Kier alpha value is -2.57. The summed E-state index contributed by atoms with van der Waals surface area (Å²) in [5, 5.41) is 19.1. The number of hydrogen-bond donors (Lipinski definition) is 2. The summed E-state index contributed by atoms with van der Waals surface area (Å²) in [4.78, 5) is 3.61. The fourth-order valence-corrected chi connectivity index (χ4v) is 3.71. The summed E-state index contributed by atoms with van der Waals surface area (Å²) in [6.45, 7) is 5.72. The zero-order valence-electron chi connectivity index (χ0n) is 15.1. The monoisotopic (exact) mass is 385 g/mol. The number of halogens is 1. The van der Waals surface area contributed by atoms with E-state index < -0.39 is 0 Å². The van der Waals surface area contributed by atoms with E-state index in [-0.39, 0.29) is 6.04 Å². The van der Waals surface area contributed by atoms with Crippen molar-refractivity contribution in [3.63, 3.8) is 0 Å². The molecule has 27 heavy (non-hydrogen) atoms. The molecule has 1 aromatic heterocycles. The lowest BCUT2D eigenvalue weighted by atomic mass is 10.2. The number of phenolic OH excluding ortho intramolecular Hbond substituents is 1. The molecule has 0 unspecified atom stereocenters. The Morgan fingerprint density at radius 1 is 1.11 bits per heavy atom. The Morgan fingerprint density at radius 3 is 2.63 bits per heavy atom. The first-order valence-electron chi connectivity index (χ1n) is 9.08. The normalized spacial score (nSPS) is 16.4. The topological polar surface area (TPSA) is 66.8 Å². The molecule has 2 aromatic carbocycles. The van der Waals surface area contributed by atoms with E-state index in [9.17, 15) is 5.11 Å². The number of aromatic nitrogens is 2. The highest BCUT2D eigenvalue weighted by Gasteiger charge is 2.30. The van der Waals surface area contributed by atoms with Gasteiger partial charge in [-0.05, 0) is 37.3 Å². The largest absolute Gasteiger partial charge is 0.506 e. The van der Waals surface area contributed by atoms with Gasteiger partial charge in [-0.15, -0.1) is 10.2 Å². The minimum absolute atomic E-state index is 0.108. The predicted octanol–water partition coefficient (Wildman–Crippen LogP) is 2.56. The summed E-state index contributed by atoms with van der Waals surface area (Å²) in [6.07, 6.45) is 0. The van der Waals surface area contributed by atoms with Gasteiger partial charge in [0.1, 0.15) is 5.75 Å². The van der Waals surface area contributed by atoms with Gasteiger partial charge in [0.15, 0.2) is 6.04 Å². The van der Waals surface area contributed by atoms with E-state index >= 15 is 0 Å². The maximum Gasteiger partial charge on any atom is 0.274 e. The average Bonchev–Trinajstić information content (AvgIpc) is 3.18. The number of phenols is 1. The van der Waals surface area contributed by atoms with Gasteiger partial charge in [-0.3, -0.25) is 0 Å². The Balaban J connectivity index is 1.43. The molecular weight excluding hydrogens is 364 g/mol. The first-order chi connectivity index (χ1) is 13.1. The molecule has 6 nitrogen and oxygen atoms in total. The molecule has 2 N–H and O–H groups in total. The Labute approximate surface area is 163 Å². The van der Waals surface area contributed by atoms with Crippen LogP contribution in [0, 0.1) is 0 Å². The molecule has 1 aliphatic heterocycles. The Morgan fingerprint density at radius 2 is 1.89 bits per heavy atom. The molecule has 1 aliphatic rings. The van der Waals surface area contributed by atoms with Crippen molar-refractivity contribution in [3.8, 4) is 17.2 Å². The lowest BCUT2D eigenvalue weighted by Gasteiger charge is -2.35. The third-order valence-electron chi connectivity index (χ3n) is 5.12. The third kappa shape index (κ3) is 3.77. The number of anilines is 1. The average molecular weight is 386 g/mol. The molecule has 2 heterocycles. The molecule has 140 valence electrons. The van der Waals surface area contributed by atoms with Gasteiger partial charge in [-0.2, -0.15) is 0 Å². The number of piperazine rings is 1. The molecule has 1 fully saturated rings. The van der Waals surface area contributed by atoms with E-state index in [1.807, 2.05) is 42.5 Å². The van der Waals surface area contributed by atoms with E-state index in [4.69, 9.17) is 16.0 Å². The highest BCUT2D eigenvalue weighted by atomic mass is 35.5. The molecule has 0 amide bonds. The van der Waals surface area contributed by atoms with Gasteiger partial charge >= 0.3 is 0 Å². The van der Waals surface area contributed by atoms with Gasteiger partial charge in [0.2, 0.25) is 5.89 Å². The smallest absolute Gasteiger partial charge is 0.274 e. The number of nitrogens with zero attached hydrogens (tertiary/aromatic N) is 3. The van der Waals surface area contributed by atoms with Crippen molar-refractivity contribution in [1.82, 2.24) is 10.2 Å². The number of quaternary nitrogens is 1. The van der Waals surface area contributed by atoms with E-state index in [1.165, 1.54) is 4.90 Å². The quantitative estimate of drug-likeness (QED) is 0.722. The molecule has 0 aliphatic carbocycles. The van der Waals surface area contributed by atoms with Crippen molar-refractivity contribution in [2.45, 2.75) is 13.0 Å². The minimum Gasteiger partial charge on any atom is -0.506 e. The summed E-state index contributed by atoms with van der Waals surface area (Å²) in [5.74, 6) is 1.46. The number of nitrogens with one attached hydrogen (secondary N) is 1. The molecule has 0 radical (unpaired) electrons. The van der Waals surface area contributed by atoms with E-state index in [0.29, 0.717) is 22.6 Å². The molecule has 4 rings (SSSR count). The molecule has 3 aromatic rings. The summed E-state index contributed by atoms with van der Waals surface area (Å²) in [5.41, 5.74) is 1.72. The number of para-hydroxylation sites is 2. The second kappa shape index (κ2) is 7.58. The second-order valence-corrected chi connectivity index (χ2v) is 7.25. The second-order valence-electron chi connectivity index (χ2n) is 6.81. The van der Waals surface area contributed by atoms with Gasteiger partial charge in [-0.1, -0.05) is 29.8 Å². The van der Waals surface area contributed by atoms with Crippen LogP contribution in [0.15, 0.2) is 52.9 Å². The van der Waals surface area contributed by atoms with Crippen molar-refractivity contribution >= 4 is 17.3 Å². The standard InChI is InChI=1S/C20H21ClN4O2/c1-14(19-22-23-20(27-19)15-5-4-6-16(21)13-15)24-9-11-25(12-10-24)17-7-2-3-8-18(17)26/h2-8,13-14,26H,9-12H2,1H3/p+1/t14-/m1/s1. The Bertz CT molecular complexity index is 922. The first kappa shape index (κ1) is 17.8. The van der Waals surface area contributed by atoms with E-state index in [0.717, 1.165) is 37.4 Å². The van der Waals surface area contributed by atoms with Crippen molar-refractivity contribution in [1.29, 1.82) is 0 Å². The van der Waals surface area contributed by atoms with Gasteiger partial charge in [0.05, 0.1) is 31.9 Å². The van der Waals surface area contributed by atoms with Crippen molar-refractivity contribution in [2.24, 2.45) is 0 Å². The van der Waals surface area contributed by atoms with Crippen LogP contribution in [0.25, 0.3) is 11.5 Å². The lowest BCUT2D eigenvalue weighted by Crippen LogP contribution is -3.14. The summed E-state index contributed by atoms with van der Waals surface area (Å²) >= 11 is 6.04. The number of aromatic hydroxyl groups is 1. The van der Waals surface area contributed by atoms with Crippen LogP contribution in [-0.4, -0.2) is 41.5 Å². The number of hydrogen-bond acceptors (Lipinski definition) is 5. The van der Waals surface area contributed by atoms with Crippen LogP contribution in [0.5, 0.6) is 5.75 Å². The zero-order chi connectivity index (χ0) is 18.8. The van der Waals surface area contributed by atoms with Crippen LogP contribution in [0.1, 0.15) is 18.9 Å². The number of benzene rings is 2. The van der Waals surface area contributed by atoms with Gasteiger partial charge in [0.25, 0.3) is 5.89 Å². The van der Waals surface area contributed by atoms with Crippen LogP contribution in [0.4, 0.5) is 5.69 Å². The minimum atomic E-state index is 0.108. The van der Waals surface area contributed by atoms with Crippen LogP contribution in [0.3, 0.4) is 0 Å². The van der Waals surface area contributed by atoms with Crippen LogP contribution in [0.2, 0.25) is 5.02 Å². The number of rotatable bonds is 4. The van der Waals surface area contributed by atoms with Crippen molar-refractivity contribution in [2.75, 3.05) is 31.1 Å². The fraction of sp³-hybridized carbons (Fsp3) is 0.300. The summed E-state index contributed by atoms with van der Waals surface area (Å²) < 4.78 is 5.91. The maximum absolute atomic E-state index is 10.1. The van der Waals surface area contributed by atoms with Crippen molar-refractivity contribution in [3.05, 3.63) is 59.4 Å². The van der Waals surface area contributed by atoms with E-state index in [1.54, 1.807) is 6.07 Å². The Kier molecular flexibility index (Phi) is 5.01. The molecule has 0 spiro atoms. The SMILES string of the molecule is C[C@H](c1nnc(-c2cccc(Cl)c2)o1)[NH+]1CCN(c2ccccc2O)CC1. The van der Waals surface area contributed by atoms with E-state index in [2.05, 4.69) is 22.0 Å². The van der Waals surface area contributed by atoms with Crippen LogP contribution in [-0.2, 0) is 0 Å². The highest BCUT2D eigenvalue weighted by molar-refractivity contribution is 6.30. The lowest BCUT2D eigenvalue weighted by molar-refractivity contribution is -0.931. The molecule has 1 saturated heterocycles. The highest BCUT2D eigenvalue weighted by Crippen LogP contribution is 2.26. The van der Waals surface area contributed by atoms with Gasteiger partial charge in [0, 0.05) is 10.6 Å². The molecule has 0 bridgehead atoms. The third-order valence-corrected chi connectivity index (χ3v) is 5.36. The molecule has 1 atom stereocenters. The molecular formula is C20H22ClN4O2+. The maximum atomic E-state index is 10.1. The molecule has 7 heteroatoms. The zero-order valence-corrected chi connectivity index (χ0v) is 15.9. The van der Waals surface area contributed by atoms with Gasteiger partial charge < -0.3 is 19.3 Å². The van der Waals surface area contributed by atoms with Crippen molar-refractivity contribution < 1.29 is 14.4 Å². The fourth-order valence-electron chi connectivity index (χ4n) is 3.52. The van der Waals surface area contributed by atoms with Crippen LogP contribution >= 0.6 is 11.6 Å². The molecule has 0 saturated carbocycles.